The van der Waals surface area contributed by atoms with Gasteiger partial charge in [0, 0.05) is 24.6 Å². The molecule has 1 aromatic heterocycles. The number of ether oxygens (including phenoxy) is 2. The largest absolute Gasteiger partial charge is 0.380 e. The number of nitrogens with one attached hydrogen (secondary N) is 1. The molecule has 3 aliphatic rings. The van der Waals surface area contributed by atoms with Crippen molar-refractivity contribution >= 4 is 16.9 Å². The Morgan fingerprint density at radius 3 is 3.11 bits per heavy atom. The number of amides is 1. The van der Waals surface area contributed by atoms with Crippen molar-refractivity contribution in [2.24, 2.45) is 5.41 Å². The van der Waals surface area contributed by atoms with E-state index in [1.54, 1.807) is 0 Å². The second-order valence-electron chi connectivity index (χ2n) is 8.28. The van der Waals surface area contributed by atoms with Crippen molar-refractivity contribution in [2.45, 2.75) is 38.6 Å². The lowest BCUT2D eigenvalue weighted by molar-refractivity contribution is -0.0741. The molecule has 5 rings (SSSR count). The molecule has 2 saturated heterocycles. The van der Waals surface area contributed by atoms with Crippen LogP contribution in [0.4, 0.5) is 0 Å². The smallest absolute Gasteiger partial charge is 0.289 e. The summed E-state index contributed by atoms with van der Waals surface area (Å²) in [6, 6.07) is 6.21. The van der Waals surface area contributed by atoms with E-state index in [2.05, 4.69) is 20.9 Å². The number of fused-ring (bicyclic) bond motifs is 2. The summed E-state index contributed by atoms with van der Waals surface area (Å²) < 4.78 is 11.5. The molecule has 0 saturated carbocycles. The Hall–Kier alpha value is -2.18. The van der Waals surface area contributed by atoms with Crippen LogP contribution < -0.4 is 0 Å². The molecule has 28 heavy (non-hydrogen) atoms. The highest BCUT2D eigenvalue weighted by Gasteiger charge is 2.50. The number of rotatable bonds is 2. The number of H-pyrrole nitrogens is 1. The van der Waals surface area contributed by atoms with Crippen LogP contribution in [0.3, 0.4) is 0 Å². The van der Waals surface area contributed by atoms with Gasteiger partial charge in [-0.05, 0) is 50.3 Å². The summed E-state index contributed by atoms with van der Waals surface area (Å²) in [6.07, 6.45) is 6.11. The molecule has 3 aliphatic heterocycles. The highest BCUT2D eigenvalue weighted by Crippen LogP contribution is 2.48. The number of likely N-dealkylation sites (tertiary alicyclic amines) is 1. The maximum Gasteiger partial charge on any atom is 0.289 e. The highest BCUT2D eigenvalue weighted by molar-refractivity contribution is 5.94. The summed E-state index contributed by atoms with van der Waals surface area (Å²) in [7, 11) is 0. The number of aromatic amines is 1. The fraction of sp³-hybridized carbons (Fsp3) is 0.545. The van der Waals surface area contributed by atoms with Gasteiger partial charge in [0.1, 0.15) is 0 Å². The van der Waals surface area contributed by atoms with E-state index in [0.29, 0.717) is 25.6 Å². The number of carbonyl (C=O) groups excluding carboxylic acids is 1. The first kappa shape index (κ1) is 17.9. The SMILES string of the molecule is Cc1ccc2nc(C(=O)N3CCC[C@@]4(C5=CCOCC5)COCCC34)[nH]c2c1. The number of hydrogen-bond donors (Lipinski definition) is 1. The summed E-state index contributed by atoms with van der Waals surface area (Å²) in [5, 5.41) is 0. The Balaban J connectivity index is 1.49. The number of aryl methyl sites for hydroxylation is 1. The van der Waals surface area contributed by atoms with E-state index in [1.165, 1.54) is 5.57 Å². The van der Waals surface area contributed by atoms with Crippen LogP contribution in [-0.2, 0) is 9.47 Å². The zero-order valence-corrected chi connectivity index (χ0v) is 16.4. The molecule has 0 spiro atoms. The Morgan fingerprint density at radius 2 is 2.25 bits per heavy atom. The molecule has 1 aromatic carbocycles. The van der Waals surface area contributed by atoms with Crippen molar-refractivity contribution in [2.75, 3.05) is 33.0 Å². The molecule has 148 valence electrons. The zero-order valence-electron chi connectivity index (χ0n) is 16.4. The molecule has 1 N–H and O–H groups in total. The van der Waals surface area contributed by atoms with E-state index in [1.807, 2.05) is 25.1 Å². The quantitative estimate of drug-likeness (QED) is 0.811. The van der Waals surface area contributed by atoms with Crippen LogP contribution in [0.5, 0.6) is 0 Å². The van der Waals surface area contributed by atoms with E-state index in [9.17, 15) is 4.79 Å². The van der Waals surface area contributed by atoms with Gasteiger partial charge in [-0.3, -0.25) is 4.79 Å². The van der Waals surface area contributed by atoms with Crippen LogP contribution in [0.1, 0.15) is 41.9 Å². The van der Waals surface area contributed by atoms with Gasteiger partial charge >= 0.3 is 0 Å². The number of hydrogen-bond acceptors (Lipinski definition) is 4. The highest BCUT2D eigenvalue weighted by atomic mass is 16.5. The fourth-order valence-corrected chi connectivity index (χ4v) is 5.29. The van der Waals surface area contributed by atoms with Crippen molar-refractivity contribution in [1.29, 1.82) is 0 Å². The maximum absolute atomic E-state index is 13.5. The van der Waals surface area contributed by atoms with Gasteiger partial charge in [-0.25, -0.2) is 4.98 Å². The van der Waals surface area contributed by atoms with Crippen LogP contribution in [0.15, 0.2) is 29.8 Å². The number of benzene rings is 1. The minimum absolute atomic E-state index is 0.0116. The average Bonchev–Trinajstić information content (AvgIpc) is 3.16. The third-order valence-electron chi connectivity index (χ3n) is 6.63. The van der Waals surface area contributed by atoms with Gasteiger partial charge in [0.2, 0.25) is 0 Å². The normalized spacial score (nSPS) is 28.1. The standard InChI is InChI=1S/C22H27N3O3/c1-15-3-4-17-18(13-15)24-20(23-17)21(26)25-9-2-8-22(14-28-12-7-19(22)25)16-5-10-27-11-6-16/h3-5,13,19H,2,6-12,14H2,1H3,(H,23,24)/t19?,22-/m0/s1. The number of nitrogens with zero attached hydrogens (tertiary/aromatic N) is 2. The molecule has 6 heteroatoms. The van der Waals surface area contributed by atoms with Gasteiger partial charge in [-0.2, -0.15) is 0 Å². The molecular weight excluding hydrogens is 354 g/mol. The molecule has 2 atom stereocenters. The number of imidazole rings is 1. The summed E-state index contributed by atoms with van der Waals surface area (Å²) in [6.45, 7) is 5.67. The predicted octanol–water partition coefficient (Wildman–Crippen LogP) is 3.23. The third-order valence-corrected chi connectivity index (χ3v) is 6.63. The van der Waals surface area contributed by atoms with Crippen molar-refractivity contribution in [3.8, 4) is 0 Å². The second-order valence-corrected chi connectivity index (χ2v) is 8.28. The molecule has 4 heterocycles. The van der Waals surface area contributed by atoms with Gasteiger partial charge in [0.05, 0.1) is 30.9 Å². The van der Waals surface area contributed by atoms with Gasteiger partial charge in [-0.1, -0.05) is 17.7 Å². The number of carbonyl (C=O) groups is 1. The topological polar surface area (TPSA) is 67.5 Å². The predicted molar refractivity (Wildman–Crippen MR) is 106 cm³/mol. The number of piperidine rings is 1. The summed E-state index contributed by atoms with van der Waals surface area (Å²) in [5.74, 6) is 0.460. The fourth-order valence-electron chi connectivity index (χ4n) is 5.29. The van der Waals surface area contributed by atoms with Crippen molar-refractivity contribution in [3.05, 3.63) is 41.2 Å². The van der Waals surface area contributed by atoms with Crippen molar-refractivity contribution in [3.63, 3.8) is 0 Å². The second kappa shape index (κ2) is 7.01. The molecule has 0 bridgehead atoms. The van der Waals surface area contributed by atoms with Crippen LogP contribution >= 0.6 is 0 Å². The minimum Gasteiger partial charge on any atom is -0.380 e. The Morgan fingerprint density at radius 1 is 1.32 bits per heavy atom. The third kappa shape index (κ3) is 2.86. The molecule has 0 radical (unpaired) electrons. The minimum atomic E-state index is -0.0709. The van der Waals surface area contributed by atoms with Crippen molar-refractivity contribution in [1.82, 2.24) is 14.9 Å². The van der Waals surface area contributed by atoms with Crippen LogP contribution in [-0.4, -0.2) is 59.8 Å². The van der Waals surface area contributed by atoms with Crippen LogP contribution in [0.25, 0.3) is 11.0 Å². The van der Waals surface area contributed by atoms with Crippen LogP contribution in [0, 0.1) is 12.3 Å². The lowest BCUT2D eigenvalue weighted by Gasteiger charge is -2.53. The summed E-state index contributed by atoms with van der Waals surface area (Å²) in [5.41, 5.74) is 4.27. The Kier molecular flexibility index (Phi) is 4.48. The molecule has 6 nitrogen and oxygen atoms in total. The van der Waals surface area contributed by atoms with Gasteiger partial charge in [0.25, 0.3) is 5.91 Å². The summed E-state index contributed by atoms with van der Waals surface area (Å²) in [4.78, 5) is 23.4. The lowest BCUT2D eigenvalue weighted by atomic mass is 9.65. The van der Waals surface area contributed by atoms with Gasteiger partial charge < -0.3 is 19.4 Å². The molecule has 0 aliphatic carbocycles. The van der Waals surface area contributed by atoms with E-state index in [4.69, 9.17) is 9.47 Å². The lowest BCUT2D eigenvalue weighted by Crippen LogP contribution is -2.59. The molecule has 2 aromatic rings. The molecular formula is C22H27N3O3. The van der Waals surface area contributed by atoms with Gasteiger partial charge in [-0.15, -0.1) is 0 Å². The summed E-state index contributed by atoms with van der Waals surface area (Å²) >= 11 is 0. The zero-order chi connectivity index (χ0) is 19.1. The first-order valence-corrected chi connectivity index (χ1v) is 10.3. The average molecular weight is 381 g/mol. The van der Waals surface area contributed by atoms with E-state index in [0.717, 1.165) is 55.4 Å². The van der Waals surface area contributed by atoms with Gasteiger partial charge in [0.15, 0.2) is 5.82 Å². The van der Waals surface area contributed by atoms with Crippen molar-refractivity contribution < 1.29 is 14.3 Å². The van der Waals surface area contributed by atoms with E-state index >= 15 is 0 Å². The Labute approximate surface area is 164 Å². The van der Waals surface area contributed by atoms with E-state index < -0.39 is 0 Å². The monoisotopic (exact) mass is 381 g/mol. The Bertz CT molecular complexity index is 930. The molecule has 1 unspecified atom stereocenters. The van der Waals surface area contributed by atoms with E-state index in [-0.39, 0.29) is 17.4 Å². The molecule has 2 fully saturated rings. The first-order valence-electron chi connectivity index (χ1n) is 10.3. The van der Waals surface area contributed by atoms with Crippen LogP contribution in [0.2, 0.25) is 0 Å². The number of aromatic nitrogens is 2. The first-order chi connectivity index (χ1) is 13.7. The molecule has 1 amide bonds. The maximum atomic E-state index is 13.5.